The summed E-state index contributed by atoms with van der Waals surface area (Å²) in [7, 11) is -3.85. The Labute approximate surface area is 214 Å². The van der Waals surface area contributed by atoms with E-state index in [0.717, 1.165) is 42.7 Å². The number of rotatable bonds is 7. The van der Waals surface area contributed by atoms with E-state index < -0.39 is 16.1 Å². The average molecular weight is 507 g/mol. The van der Waals surface area contributed by atoms with E-state index in [4.69, 9.17) is 9.47 Å². The van der Waals surface area contributed by atoms with Gasteiger partial charge in [0, 0.05) is 19.1 Å². The number of fused-ring (bicyclic) bond motifs is 1. The van der Waals surface area contributed by atoms with Gasteiger partial charge in [-0.25, -0.2) is 8.42 Å². The van der Waals surface area contributed by atoms with Crippen LogP contribution in [0.2, 0.25) is 0 Å². The molecule has 7 heteroatoms. The summed E-state index contributed by atoms with van der Waals surface area (Å²) in [4.78, 5) is 2.47. The average Bonchev–Trinajstić information content (AvgIpc) is 3.03. The van der Waals surface area contributed by atoms with E-state index in [9.17, 15) is 8.42 Å². The fourth-order valence-electron chi connectivity index (χ4n) is 5.11. The molecular weight excluding hydrogens is 472 g/mol. The molecule has 0 bridgehead atoms. The first-order chi connectivity index (χ1) is 17.5. The minimum Gasteiger partial charge on any atom is -0.485 e. The molecule has 2 atom stereocenters. The monoisotopic (exact) mass is 506 g/mol. The van der Waals surface area contributed by atoms with Crippen molar-refractivity contribution in [2.24, 2.45) is 0 Å². The zero-order valence-electron chi connectivity index (χ0n) is 20.8. The highest BCUT2D eigenvalue weighted by molar-refractivity contribution is 7.89. The second-order valence-corrected chi connectivity index (χ2v) is 11.4. The van der Waals surface area contributed by atoms with Gasteiger partial charge in [-0.15, -0.1) is 0 Å². The van der Waals surface area contributed by atoms with Gasteiger partial charge in [0.2, 0.25) is 10.0 Å². The standard InChI is InChI=1S/C29H34N2O4S/c1-23(25-14-7-3-8-15-25)31-20-26(22-34-21-24-12-5-2-6-13-24)35-28-17-11-16-27(29(28)36(31,32)33)30-18-9-4-10-19-30/h2-3,5-8,11-17,23,26H,4,9-10,18-22H2,1H3/t23-,26+/m1/s1. The quantitative estimate of drug-likeness (QED) is 0.429. The summed E-state index contributed by atoms with van der Waals surface area (Å²) < 4.78 is 42.7. The van der Waals surface area contributed by atoms with E-state index >= 15 is 0 Å². The molecule has 190 valence electrons. The Hall–Kier alpha value is -2.87. The lowest BCUT2D eigenvalue weighted by Gasteiger charge is -2.32. The van der Waals surface area contributed by atoms with Gasteiger partial charge in [0.25, 0.3) is 0 Å². The second-order valence-electron chi connectivity index (χ2n) is 9.55. The molecule has 2 heterocycles. The molecule has 2 aliphatic rings. The third kappa shape index (κ3) is 5.28. The molecule has 0 aliphatic carbocycles. The van der Waals surface area contributed by atoms with Gasteiger partial charge in [-0.3, -0.25) is 0 Å². The first kappa shape index (κ1) is 24.8. The number of nitrogens with zero attached hydrogens (tertiary/aromatic N) is 2. The van der Waals surface area contributed by atoms with Crippen LogP contribution in [-0.4, -0.2) is 45.1 Å². The van der Waals surface area contributed by atoms with Gasteiger partial charge in [-0.05, 0) is 49.4 Å². The Morgan fingerprint density at radius 1 is 0.917 bits per heavy atom. The number of sulfonamides is 1. The second kappa shape index (κ2) is 11.0. The van der Waals surface area contributed by atoms with Crippen molar-refractivity contribution in [3.8, 4) is 5.75 Å². The summed E-state index contributed by atoms with van der Waals surface area (Å²) >= 11 is 0. The van der Waals surface area contributed by atoms with Gasteiger partial charge in [0.1, 0.15) is 16.7 Å². The maximum absolute atomic E-state index is 14.3. The first-order valence-electron chi connectivity index (χ1n) is 12.8. The molecule has 0 N–H and O–H groups in total. The lowest BCUT2D eigenvalue weighted by Crippen LogP contribution is -2.41. The number of anilines is 1. The summed E-state index contributed by atoms with van der Waals surface area (Å²) in [6.07, 6.45) is 2.86. The van der Waals surface area contributed by atoms with E-state index in [1.165, 1.54) is 6.42 Å². The smallest absolute Gasteiger partial charge is 0.249 e. The molecule has 1 fully saturated rings. The van der Waals surface area contributed by atoms with Crippen molar-refractivity contribution in [3.63, 3.8) is 0 Å². The molecule has 1 saturated heterocycles. The van der Waals surface area contributed by atoms with Gasteiger partial charge in [0.05, 0.1) is 25.4 Å². The highest BCUT2D eigenvalue weighted by atomic mass is 32.2. The van der Waals surface area contributed by atoms with Gasteiger partial charge in [0.15, 0.2) is 0 Å². The first-order valence-corrected chi connectivity index (χ1v) is 14.2. The van der Waals surface area contributed by atoms with E-state index in [-0.39, 0.29) is 24.1 Å². The summed E-state index contributed by atoms with van der Waals surface area (Å²) in [5.74, 6) is 0.411. The van der Waals surface area contributed by atoms with Crippen LogP contribution in [0.4, 0.5) is 5.69 Å². The molecule has 6 nitrogen and oxygen atoms in total. The molecule has 2 aliphatic heterocycles. The van der Waals surface area contributed by atoms with Gasteiger partial charge in [-0.1, -0.05) is 66.7 Å². The van der Waals surface area contributed by atoms with Crippen LogP contribution < -0.4 is 9.64 Å². The molecule has 0 radical (unpaired) electrons. The summed E-state index contributed by atoms with van der Waals surface area (Å²) in [5.41, 5.74) is 2.76. The molecule has 0 spiro atoms. The van der Waals surface area contributed by atoms with Crippen molar-refractivity contribution in [2.45, 2.75) is 49.8 Å². The molecule has 5 rings (SSSR count). The molecule has 3 aromatic rings. The predicted octanol–water partition coefficient (Wildman–Crippen LogP) is 5.41. The van der Waals surface area contributed by atoms with Crippen molar-refractivity contribution < 1.29 is 17.9 Å². The van der Waals surface area contributed by atoms with Gasteiger partial charge >= 0.3 is 0 Å². The van der Waals surface area contributed by atoms with Crippen LogP contribution >= 0.6 is 0 Å². The number of hydrogen-bond acceptors (Lipinski definition) is 5. The van der Waals surface area contributed by atoms with E-state index in [0.29, 0.717) is 12.4 Å². The van der Waals surface area contributed by atoms with Crippen LogP contribution in [0.5, 0.6) is 5.75 Å². The number of benzene rings is 3. The van der Waals surface area contributed by atoms with Crippen LogP contribution in [0.1, 0.15) is 43.4 Å². The van der Waals surface area contributed by atoms with E-state index in [1.54, 1.807) is 10.4 Å². The van der Waals surface area contributed by atoms with Gasteiger partial charge in [-0.2, -0.15) is 4.31 Å². The molecule has 3 aromatic carbocycles. The van der Waals surface area contributed by atoms with Crippen LogP contribution in [0.3, 0.4) is 0 Å². The number of ether oxygens (including phenoxy) is 2. The lowest BCUT2D eigenvalue weighted by atomic mass is 10.1. The van der Waals surface area contributed by atoms with Crippen molar-refractivity contribution >= 4 is 15.7 Å². The third-order valence-electron chi connectivity index (χ3n) is 7.03. The molecule has 0 saturated carbocycles. The van der Waals surface area contributed by atoms with Crippen molar-refractivity contribution in [3.05, 3.63) is 90.0 Å². The number of piperidine rings is 1. The normalized spacial score (nSPS) is 20.7. The fourth-order valence-corrected chi connectivity index (χ4v) is 7.07. The Morgan fingerprint density at radius 2 is 1.61 bits per heavy atom. The van der Waals surface area contributed by atoms with Crippen LogP contribution in [0.25, 0.3) is 0 Å². The minimum absolute atomic E-state index is 0.210. The topological polar surface area (TPSA) is 59.1 Å². The summed E-state index contributed by atoms with van der Waals surface area (Å²) in [6, 6.07) is 25.0. The Kier molecular flexibility index (Phi) is 7.60. The van der Waals surface area contributed by atoms with Crippen LogP contribution in [0.15, 0.2) is 83.8 Å². The predicted molar refractivity (Wildman–Crippen MR) is 142 cm³/mol. The maximum Gasteiger partial charge on any atom is 0.249 e. The summed E-state index contributed by atoms with van der Waals surface area (Å²) in [5, 5.41) is 0. The Bertz CT molecular complexity index is 1240. The largest absolute Gasteiger partial charge is 0.485 e. The maximum atomic E-state index is 14.3. The third-order valence-corrected chi connectivity index (χ3v) is 9.04. The van der Waals surface area contributed by atoms with Crippen molar-refractivity contribution in [1.29, 1.82) is 0 Å². The van der Waals surface area contributed by atoms with Crippen molar-refractivity contribution in [1.82, 2.24) is 4.31 Å². The Morgan fingerprint density at radius 3 is 2.33 bits per heavy atom. The van der Waals surface area contributed by atoms with E-state index in [1.807, 2.05) is 79.7 Å². The lowest BCUT2D eigenvalue weighted by molar-refractivity contribution is 0.0313. The zero-order valence-corrected chi connectivity index (χ0v) is 21.6. The highest BCUT2D eigenvalue weighted by Crippen LogP contribution is 2.42. The molecular formula is C29H34N2O4S. The van der Waals surface area contributed by atoms with Gasteiger partial charge < -0.3 is 14.4 Å². The molecule has 0 unspecified atom stereocenters. The minimum atomic E-state index is -3.85. The summed E-state index contributed by atoms with van der Waals surface area (Å²) in [6.45, 7) is 4.59. The van der Waals surface area contributed by atoms with Crippen LogP contribution in [-0.2, 0) is 21.4 Å². The molecule has 36 heavy (non-hydrogen) atoms. The SMILES string of the molecule is C[C@H](c1ccccc1)N1C[C@@H](COCc2ccccc2)Oc2cccc(N3CCCCC3)c2S1(=O)=O. The number of hydrogen-bond donors (Lipinski definition) is 0. The van der Waals surface area contributed by atoms with E-state index in [2.05, 4.69) is 4.90 Å². The zero-order chi connectivity index (χ0) is 25.0. The van der Waals surface area contributed by atoms with Crippen LogP contribution in [0, 0.1) is 0 Å². The Balaban J connectivity index is 1.50. The molecule has 0 amide bonds. The molecule has 0 aromatic heterocycles. The van der Waals surface area contributed by atoms with Crippen molar-refractivity contribution in [2.75, 3.05) is 31.1 Å². The highest BCUT2D eigenvalue weighted by Gasteiger charge is 2.40. The fraction of sp³-hybridized carbons (Fsp3) is 0.379.